The van der Waals surface area contributed by atoms with Crippen LogP contribution >= 0.6 is 0 Å². The Hall–Kier alpha value is -0.600. The number of rotatable bonds is 7. The van der Waals surface area contributed by atoms with E-state index in [1.54, 1.807) is 0 Å². The van der Waals surface area contributed by atoms with Crippen molar-refractivity contribution in [3.63, 3.8) is 0 Å². The molecule has 1 saturated carbocycles. The molecule has 1 rings (SSSR count). The molecule has 0 heterocycles. The maximum absolute atomic E-state index is 5.71. The monoisotopic (exact) mass is 222 g/mol. The Bertz CT molecular complexity index is 195. The molecular formula is C14H26N2. The van der Waals surface area contributed by atoms with E-state index in [1.165, 1.54) is 32.2 Å². The lowest BCUT2D eigenvalue weighted by Gasteiger charge is -2.31. The summed E-state index contributed by atoms with van der Waals surface area (Å²) >= 11 is 0. The molecule has 1 aliphatic rings. The Morgan fingerprint density at radius 1 is 1.00 bits per heavy atom. The largest absolute Gasteiger partial charge is 0.330 e. The summed E-state index contributed by atoms with van der Waals surface area (Å²) in [6.07, 6.45) is 9.28. The summed E-state index contributed by atoms with van der Waals surface area (Å²) in [5, 5.41) is 0. The van der Waals surface area contributed by atoms with Gasteiger partial charge in [-0.25, -0.2) is 0 Å². The third kappa shape index (κ3) is 4.50. The van der Waals surface area contributed by atoms with Gasteiger partial charge in [0.15, 0.2) is 0 Å². The van der Waals surface area contributed by atoms with Gasteiger partial charge in [0.05, 0.1) is 0 Å². The maximum Gasteiger partial charge on any atom is 0.0164 e. The number of hydrogen-bond donors (Lipinski definition) is 1. The second-order valence-corrected chi connectivity index (χ2v) is 4.92. The third-order valence-electron chi connectivity index (χ3n) is 3.59. The molecule has 0 bridgehead atoms. The third-order valence-corrected chi connectivity index (χ3v) is 3.59. The quantitative estimate of drug-likeness (QED) is 0.670. The average molecular weight is 222 g/mol. The first-order valence-corrected chi connectivity index (χ1v) is 6.44. The zero-order chi connectivity index (χ0) is 11.8. The van der Waals surface area contributed by atoms with Crippen molar-refractivity contribution in [2.45, 2.75) is 25.7 Å². The van der Waals surface area contributed by atoms with Crippen molar-refractivity contribution in [2.75, 3.05) is 26.2 Å². The van der Waals surface area contributed by atoms with Gasteiger partial charge in [-0.1, -0.05) is 12.2 Å². The van der Waals surface area contributed by atoms with Crippen LogP contribution in [-0.2, 0) is 0 Å². The van der Waals surface area contributed by atoms with Gasteiger partial charge < -0.3 is 5.73 Å². The molecule has 2 N–H and O–H groups in total. The van der Waals surface area contributed by atoms with E-state index in [-0.39, 0.29) is 0 Å². The summed E-state index contributed by atoms with van der Waals surface area (Å²) in [4.78, 5) is 2.42. The lowest BCUT2D eigenvalue weighted by atomic mass is 9.82. The Balaban J connectivity index is 2.29. The van der Waals surface area contributed by atoms with E-state index in [1.807, 2.05) is 12.2 Å². The van der Waals surface area contributed by atoms with Crippen LogP contribution < -0.4 is 5.73 Å². The molecule has 0 spiro atoms. The first-order valence-electron chi connectivity index (χ1n) is 6.44. The van der Waals surface area contributed by atoms with E-state index < -0.39 is 0 Å². The minimum atomic E-state index is 0.781. The van der Waals surface area contributed by atoms with Crippen molar-refractivity contribution in [1.82, 2.24) is 4.90 Å². The second kappa shape index (κ2) is 7.64. The van der Waals surface area contributed by atoms with Crippen LogP contribution in [0.4, 0.5) is 0 Å². The summed E-state index contributed by atoms with van der Waals surface area (Å²) in [5.74, 6) is 1.63. The number of hydrogen-bond acceptors (Lipinski definition) is 2. The fraction of sp³-hybridized carbons (Fsp3) is 0.714. The van der Waals surface area contributed by atoms with E-state index >= 15 is 0 Å². The van der Waals surface area contributed by atoms with Gasteiger partial charge in [0.1, 0.15) is 0 Å². The van der Waals surface area contributed by atoms with Gasteiger partial charge in [0.2, 0.25) is 0 Å². The molecule has 0 aromatic rings. The second-order valence-electron chi connectivity index (χ2n) is 4.92. The van der Waals surface area contributed by atoms with Crippen LogP contribution in [-0.4, -0.2) is 31.1 Å². The smallest absolute Gasteiger partial charge is 0.0164 e. The van der Waals surface area contributed by atoms with Crippen LogP contribution in [0.5, 0.6) is 0 Å². The van der Waals surface area contributed by atoms with Crippen molar-refractivity contribution in [1.29, 1.82) is 0 Å². The van der Waals surface area contributed by atoms with Crippen LogP contribution in [0, 0.1) is 11.8 Å². The number of nitrogens with zero attached hydrogens (tertiary/aromatic N) is 1. The molecule has 0 unspecified atom stereocenters. The standard InChI is InChI=1S/C14H26N2/c1-3-9-16(10-4-2)12-14-7-5-13(11-15)6-8-14/h3-4,13-14H,1-2,5-12,15H2. The highest BCUT2D eigenvalue weighted by molar-refractivity contribution is 4.83. The normalized spacial score (nSPS) is 25.6. The first kappa shape index (κ1) is 13.5. The van der Waals surface area contributed by atoms with Gasteiger partial charge in [0, 0.05) is 19.6 Å². The fourth-order valence-electron chi connectivity index (χ4n) is 2.60. The van der Waals surface area contributed by atoms with Gasteiger partial charge >= 0.3 is 0 Å². The van der Waals surface area contributed by atoms with Crippen LogP contribution in [0.25, 0.3) is 0 Å². The lowest BCUT2D eigenvalue weighted by Crippen LogP contribution is -2.32. The van der Waals surface area contributed by atoms with Crippen LogP contribution in [0.2, 0.25) is 0 Å². The molecule has 0 aromatic carbocycles. The van der Waals surface area contributed by atoms with Gasteiger partial charge in [-0.2, -0.15) is 0 Å². The molecule has 92 valence electrons. The van der Waals surface area contributed by atoms with Gasteiger partial charge in [-0.05, 0) is 44.1 Å². The highest BCUT2D eigenvalue weighted by atomic mass is 15.1. The topological polar surface area (TPSA) is 29.3 Å². The highest BCUT2D eigenvalue weighted by Gasteiger charge is 2.21. The van der Waals surface area contributed by atoms with Crippen LogP contribution in [0.1, 0.15) is 25.7 Å². The van der Waals surface area contributed by atoms with Gasteiger partial charge in [-0.15, -0.1) is 13.2 Å². The van der Waals surface area contributed by atoms with Crippen molar-refractivity contribution >= 4 is 0 Å². The fourth-order valence-corrected chi connectivity index (χ4v) is 2.60. The molecule has 2 heteroatoms. The number of nitrogens with two attached hydrogens (primary N) is 1. The first-order chi connectivity index (χ1) is 7.80. The molecular weight excluding hydrogens is 196 g/mol. The van der Waals surface area contributed by atoms with Crippen LogP contribution in [0.15, 0.2) is 25.3 Å². The van der Waals surface area contributed by atoms with Gasteiger partial charge in [0.25, 0.3) is 0 Å². The lowest BCUT2D eigenvalue weighted by molar-refractivity contribution is 0.204. The summed E-state index contributed by atoms with van der Waals surface area (Å²) in [6.45, 7) is 11.6. The summed E-state index contributed by atoms with van der Waals surface area (Å²) in [7, 11) is 0. The zero-order valence-electron chi connectivity index (χ0n) is 10.4. The van der Waals surface area contributed by atoms with Crippen molar-refractivity contribution in [2.24, 2.45) is 17.6 Å². The summed E-state index contributed by atoms with van der Waals surface area (Å²) in [5.41, 5.74) is 5.71. The highest BCUT2D eigenvalue weighted by Crippen LogP contribution is 2.28. The predicted molar refractivity (Wildman–Crippen MR) is 71.3 cm³/mol. The molecule has 0 saturated heterocycles. The minimum Gasteiger partial charge on any atom is -0.330 e. The summed E-state index contributed by atoms with van der Waals surface area (Å²) < 4.78 is 0. The van der Waals surface area contributed by atoms with E-state index in [2.05, 4.69) is 18.1 Å². The average Bonchev–Trinajstić information content (AvgIpc) is 2.31. The Labute approximate surface area is 100 Å². The molecule has 0 radical (unpaired) electrons. The Morgan fingerprint density at radius 3 is 1.94 bits per heavy atom. The molecule has 16 heavy (non-hydrogen) atoms. The molecule has 0 aromatic heterocycles. The van der Waals surface area contributed by atoms with E-state index in [0.29, 0.717) is 0 Å². The Kier molecular flexibility index (Phi) is 6.43. The molecule has 0 amide bonds. The van der Waals surface area contributed by atoms with Crippen LogP contribution in [0.3, 0.4) is 0 Å². The van der Waals surface area contributed by atoms with E-state index in [9.17, 15) is 0 Å². The summed E-state index contributed by atoms with van der Waals surface area (Å²) in [6, 6.07) is 0. The van der Waals surface area contributed by atoms with Crippen molar-refractivity contribution < 1.29 is 0 Å². The maximum atomic E-state index is 5.71. The molecule has 0 atom stereocenters. The van der Waals surface area contributed by atoms with E-state index in [0.717, 1.165) is 31.5 Å². The van der Waals surface area contributed by atoms with Crippen molar-refractivity contribution in [3.8, 4) is 0 Å². The van der Waals surface area contributed by atoms with E-state index in [4.69, 9.17) is 5.73 Å². The molecule has 0 aliphatic heterocycles. The Morgan fingerprint density at radius 2 is 1.50 bits per heavy atom. The molecule has 1 fully saturated rings. The SMILES string of the molecule is C=CCN(CC=C)CC1CCC(CN)CC1. The zero-order valence-corrected chi connectivity index (χ0v) is 10.4. The van der Waals surface area contributed by atoms with Crippen molar-refractivity contribution in [3.05, 3.63) is 25.3 Å². The minimum absolute atomic E-state index is 0.781. The van der Waals surface area contributed by atoms with Gasteiger partial charge in [-0.3, -0.25) is 4.90 Å². The molecule has 2 nitrogen and oxygen atoms in total. The molecule has 1 aliphatic carbocycles. The predicted octanol–water partition coefficient (Wildman–Crippen LogP) is 2.43.